The highest BCUT2D eigenvalue weighted by molar-refractivity contribution is 5.91. The number of nitrogens with two attached hydrogens (primary N) is 1. The molecule has 0 saturated carbocycles. The van der Waals surface area contributed by atoms with E-state index in [1.807, 2.05) is 0 Å². The van der Waals surface area contributed by atoms with E-state index in [0.29, 0.717) is 22.5 Å². The number of anilines is 1. The molecule has 0 fully saturated rings. The van der Waals surface area contributed by atoms with Gasteiger partial charge in [0.25, 0.3) is 0 Å². The molecule has 4 heteroatoms. The lowest BCUT2D eigenvalue weighted by Gasteiger charge is -2.06. The average Bonchev–Trinajstić information content (AvgIpc) is 2.29. The van der Waals surface area contributed by atoms with Crippen molar-refractivity contribution in [3.63, 3.8) is 0 Å². The molecule has 74 valence electrons. The second kappa shape index (κ2) is 3.88. The molecule has 2 rings (SSSR count). The molecule has 0 radical (unpaired) electrons. The number of carbonyl (C=O) groups is 1. The van der Waals surface area contributed by atoms with E-state index in [4.69, 9.17) is 5.73 Å². The molecule has 0 aliphatic rings. The Hall–Kier alpha value is -2.23. The zero-order chi connectivity index (χ0) is 10.7. The summed E-state index contributed by atoms with van der Waals surface area (Å²) < 4.78 is 0. The van der Waals surface area contributed by atoms with E-state index in [9.17, 15) is 4.79 Å². The number of hydrogen-bond acceptors (Lipinski definition) is 4. The van der Waals surface area contributed by atoms with E-state index < -0.39 is 0 Å². The molecule has 0 amide bonds. The number of carbonyl (C=O) groups excluding carboxylic acids is 1. The van der Waals surface area contributed by atoms with Crippen molar-refractivity contribution in [1.29, 1.82) is 0 Å². The van der Waals surface area contributed by atoms with Gasteiger partial charge >= 0.3 is 0 Å². The summed E-state index contributed by atoms with van der Waals surface area (Å²) in [5, 5.41) is 7.69. The zero-order valence-electron chi connectivity index (χ0n) is 7.92. The van der Waals surface area contributed by atoms with Crippen molar-refractivity contribution in [1.82, 2.24) is 10.2 Å². The van der Waals surface area contributed by atoms with E-state index in [1.54, 1.807) is 36.5 Å². The molecule has 0 aliphatic carbocycles. The molecule has 15 heavy (non-hydrogen) atoms. The van der Waals surface area contributed by atoms with Crippen LogP contribution in [0, 0.1) is 0 Å². The van der Waals surface area contributed by atoms with Gasteiger partial charge in [-0.2, -0.15) is 10.2 Å². The van der Waals surface area contributed by atoms with E-state index in [-0.39, 0.29) is 0 Å². The number of aromatic nitrogens is 2. The summed E-state index contributed by atoms with van der Waals surface area (Å²) in [6.45, 7) is 0. The van der Waals surface area contributed by atoms with Gasteiger partial charge < -0.3 is 5.73 Å². The van der Waals surface area contributed by atoms with Crippen molar-refractivity contribution >= 4 is 12.0 Å². The fourth-order valence-corrected chi connectivity index (χ4v) is 1.42. The summed E-state index contributed by atoms with van der Waals surface area (Å²) in [5.74, 6) is 0. The highest BCUT2D eigenvalue weighted by atomic mass is 16.1. The first-order valence-corrected chi connectivity index (χ1v) is 4.44. The first-order chi connectivity index (χ1) is 7.33. The summed E-state index contributed by atoms with van der Waals surface area (Å²) in [6, 6.07) is 8.69. The molecular weight excluding hydrogens is 190 g/mol. The summed E-state index contributed by atoms with van der Waals surface area (Å²) in [5.41, 5.74) is 8.10. The summed E-state index contributed by atoms with van der Waals surface area (Å²) in [7, 11) is 0. The van der Waals surface area contributed by atoms with Gasteiger partial charge in [-0.05, 0) is 18.2 Å². The molecule has 0 atom stereocenters. The molecule has 1 aromatic carbocycles. The maximum absolute atomic E-state index is 10.8. The molecule has 1 heterocycles. The lowest BCUT2D eigenvalue weighted by Crippen LogP contribution is -1.97. The minimum Gasteiger partial charge on any atom is -0.398 e. The zero-order valence-corrected chi connectivity index (χ0v) is 7.92. The Labute approximate surface area is 86.8 Å². The highest BCUT2D eigenvalue weighted by Crippen LogP contribution is 2.26. The Morgan fingerprint density at radius 2 is 2.07 bits per heavy atom. The van der Waals surface area contributed by atoms with Gasteiger partial charge in [-0.3, -0.25) is 4.79 Å². The Balaban J connectivity index is 2.66. The van der Waals surface area contributed by atoms with Crippen LogP contribution in [0.15, 0.2) is 36.5 Å². The monoisotopic (exact) mass is 199 g/mol. The van der Waals surface area contributed by atoms with Crippen molar-refractivity contribution in [2.24, 2.45) is 0 Å². The standard InChI is InChI=1S/C11H9N3O/c12-9-4-1-3-8(7-15)11(9)10-5-2-6-13-14-10/h1-7H,12H2. The molecule has 1 aromatic heterocycles. The third kappa shape index (κ3) is 1.69. The average molecular weight is 199 g/mol. The molecule has 2 aromatic rings. The molecule has 0 saturated heterocycles. The Kier molecular flexibility index (Phi) is 2.41. The maximum atomic E-state index is 10.8. The van der Waals surface area contributed by atoms with Gasteiger partial charge in [-0.15, -0.1) is 0 Å². The normalized spacial score (nSPS) is 9.87. The van der Waals surface area contributed by atoms with Gasteiger partial charge in [0, 0.05) is 23.0 Å². The summed E-state index contributed by atoms with van der Waals surface area (Å²) >= 11 is 0. The van der Waals surface area contributed by atoms with E-state index in [2.05, 4.69) is 10.2 Å². The minimum atomic E-state index is 0.524. The van der Waals surface area contributed by atoms with Gasteiger partial charge in [-0.1, -0.05) is 12.1 Å². The fraction of sp³-hybridized carbons (Fsp3) is 0. The van der Waals surface area contributed by atoms with E-state index >= 15 is 0 Å². The molecule has 0 spiro atoms. The van der Waals surface area contributed by atoms with Gasteiger partial charge in [0.05, 0.1) is 5.69 Å². The minimum absolute atomic E-state index is 0.524. The third-order valence-electron chi connectivity index (χ3n) is 2.08. The van der Waals surface area contributed by atoms with E-state index in [0.717, 1.165) is 6.29 Å². The van der Waals surface area contributed by atoms with Crippen molar-refractivity contribution in [2.45, 2.75) is 0 Å². The van der Waals surface area contributed by atoms with Gasteiger partial charge in [0.1, 0.15) is 0 Å². The van der Waals surface area contributed by atoms with Crippen LogP contribution in [0.4, 0.5) is 5.69 Å². The smallest absolute Gasteiger partial charge is 0.150 e. The first-order valence-electron chi connectivity index (χ1n) is 4.44. The summed E-state index contributed by atoms with van der Waals surface area (Å²) in [6.07, 6.45) is 2.34. The predicted octanol–water partition coefficient (Wildman–Crippen LogP) is 1.54. The second-order valence-corrected chi connectivity index (χ2v) is 3.04. The van der Waals surface area contributed by atoms with Crippen LogP contribution < -0.4 is 5.73 Å². The predicted molar refractivity (Wildman–Crippen MR) is 57.3 cm³/mol. The van der Waals surface area contributed by atoms with Crippen LogP contribution in [0.3, 0.4) is 0 Å². The number of nitrogen functional groups attached to an aromatic ring is 1. The van der Waals surface area contributed by atoms with Crippen molar-refractivity contribution in [3.05, 3.63) is 42.1 Å². The van der Waals surface area contributed by atoms with Gasteiger partial charge in [0.15, 0.2) is 6.29 Å². The van der Waals surface area contributed by atoms with Crippen molar-refractivity contribution < 1.29 is 4.79 Å². The number of benzene rings is 1. The third-order valence-corrected chi connectivity index (χ3v) is 2.08. The quantitative estimate of drug-likeness (QED) is 0.588. The van der Waals surface area contributed by atoms with Crippen LogP contribution in [0.25, 0.3) is 11.3 Å². The largest absolute Gasteiger partial charge is 0.398 e. The van der Waals surface area contributed by atoms with Crippen LogP contribution in [0.1, 0.15) is 10.4 Å². The maximum Gasteiger partial charge on any atom is 0.150 e. The number of aldehydes is 1. The number of nitrogens with zero attached hydrogens (tertiary/aromatic N) is 2. The lowest BCUT2D eigenvalue weighted by atomic mass is 10.0. The van der Waals surface area contributed by atoms with Crippen LogP contribution in [0.5, 0.6) is 0 Å². The van der Waals surface area contributed by atoms with Crippen LogP contribution >= 0.6 is 0 Å². The molecule has 0 unspecified atom stereocenters. The Bertz CT molecular complexity index is 482. The van der Waals surface area contributed by atoms with Gasteiger partial charge in [-0.25, -0.2) is 0 Å². The molecule has 4 nitrogen and oxygen atoms in total. The molecule has 0 aliphatic heterocycles. The Morgan fingerprint density at radius 1 is 1.20 bits per heavy atom. The summed E-state index contributed by atoms with van der Waals surface area (Å²) in [4.78, 5) is 10.8. The van der Waals surface area contributed by atoms with Crippen molar-refractivity contribution in [2.75, 3.05) is 5.73 Å². The molecular formula is C11H9N3O. The number of hydrogen-bond donors (Lipinski definition) is 1. The van der Waals surface area contributed by atoms with Crippen LogP contribution in [0.2, 0.25) is 0 Å². The lowest BCUT2D eigenvalue weighted by molar-refractivity contribution is 0.112. The second-order valence-electron chi connectivity index (χ2n) is 3.04. The number of rotatable bonds is 2. The van der Waals surface area contributed by atoms with Crippen LogP contribution in [-0.4, -0.2) is 16.5 Å². The molecule has 2 N–H and O–H groups in total. The van der Waals surface area contributed by atoms with Crippen molar-refractivity contribution in [3.8, 4) is 11.3 Å². The van der Waals surface area contributed by atoms with E-state index in [1.165, 1.54) is 0 Å². The van der Waals surface area contributed by atoms with Gasteiger partial charge in [0.2, 0.25) is 0 Å². The molecule has 0 bridgehead atoms. The SMILES string of the molecule is Nc1cccc(C=O)c1-c1cccnn1. The highest BCUT2D eigenvalue weighted by Gasteiger charge is 2.08. The fourth-order valence-electron chi connectivity index (χ4n) is 1.42. The van der Waals surface area contributed by atoms with Crippen LogP contribution in [-0.2, 0) is 0 Å². The first kappa shape index (κ1) is 9.33. The topological polar surface area (TPSA) is 68.9 Å². The Morgan fingerprint density at radius 3 is 2.73 bits per heavy atom.